The second-order valence-corrected chi connectivity index (χ2v) is 5.00. The van der Waals surface area contributed by atoms with Gasteiger partial charge in [-0.3, -0.25) is 0 Å². The Bertz CT molecular complexity index is 592. The maximum Gasteiger partial charge on any atom is 0.319 e. The first-order valence-electron chi connectivity index (χ1n) is 6.85. The molecule has 112 valence electrons. The van der Waals surface area contributed by atoms with Crippen LogP contribution in [0.3, 0.4) is 0 Å². The van der Waals surface area contributed by atoms with Gasteiger partial charge in [-0.25, -0.2) is 4.79 Å². The molecule has 0 saturated carbocycles. The van der Waals surface area contributed by atoms with E-state index >= 15 is 0 Å². The Balaban J connectivity index is 2.03. The fourth-order valence-corrected chi connectivity index (χ4v) is 1.93. The lowest BCUT2D eigenvalue weighted by Crippen LogP contribution is -2.28. The Hall–Kier alpha value is -2.43. The highest BCUT2D eigenvalue weighted by Gasteiger charge is 2.10. The summed E-state index contributed by atoms with van der Waals surface area (Å²) < 4.78 is 10.4. The van der Waals surface area contributed by atoms with Crippen molar-refractivity contribution in [2.75, 3.05) is 12.4 Å². The van der Waals surface area contributed by atoms with E-state index in [0.29, 0.717) is 29.7 Å². The summed E-state index contributed by atoms with van der Waals surface area (Å²) >= 11 is 0. The number of hydrogen-bond donors (Lipinski definition) is 2. The Morgan fingerprint density at radius 3 is 2.76 bits per heavy atom. The fraction of sp³-hybridized carbons (Fsp3) is 0.312. The Labute approximate surface area is 124 Å². The number of rotatable bonds is 5. The van der Waals surface area contributed by atoms with Crippen molar-refractivity contribution in [3.05, 3.63) is 47.9 Å². The number of anilines is 1. The van der Waals surface area contributed by atoms with Gasteiger partial charge in [-0.15, -0.1) is 0 Å². The SMILES string of the molecule is COc1ccc(C(C)C)cc1NC(=O)NCc1ccco1. The number of benzene rings is 1. The first kappa shape index (κ1) is 15.0. The molecule has 21 heavy (non-hydrogen) atoms. The second-order valence-electron chi connectivity index (χ2n) is 5.00. The zero-order valence-electron chi connectivity index (χ0n) is 12.5. The third-order valence-electron chi connectivity index (χ3n) is 3.14. The van der Waals surface area contributed by atoms with E-state index in [9.17, 15) is 4.79 Å². The Morgan fingerprint density at radius 2 is 2.14 bits per heavy atom. The number of furan rings is 1. The standard InChI is InChI=1S/C16H20N2O3/c1-11(2)12-6-7-15(20-3)14(9-12)18-16(19)17-10-13-5-4-8-21-13/h4-9,11H,10H2,1-3H3,(H2,17,18,19). The number of methoxy groups -OCH3 is 1. The minimum Gasteiger partial charge on any atom is -0.495 e. The summed E-state index contributed by atoms with van der Waals surface area (Å²) in [7, 11) is 1.58. The highest BCUT2D eigenvalue weighted by molar-refractivity contribution is 5.91. The molecule has 2 aromatic rings. The summed E-state index contributed by atoms with van der Waals surface area (Å²) in [5.41, 5.74) is 1.79. The van der Waals surface area contributed by atoms with Gasteiger partial charge in [-0.1, -0.05) is 19.9 Å². The minimum atomic E-state index is -0.300. The summed E-state index contributed by atoms with van der Waals surface area (Å²) in [6, 6.07) is 9.07. The van der Waals surface area contributed by atoms with E-state index in [-0.39, 0.29) is 6.03 Å². The van der Waals surface area contributed by atoms with Crippen molar-refractivity contribution in [3.63, 3.8) is 0 Å². The average Bonchev–Trinajstić information content (AvgIpc) is 2.98. The van der Waals surface area contributed by atoms with Crippen LogP contribution in [-0.4, -0.2) is 13.1 Å². The van der Waals surface area contributed by atoms with Crippen molar-refractivity contribution in [1.82, 2.24) is 5.32 Å². The molecule has 0 aliphatic rings. The number of amides is 2. The highest BCUT2D eigenvalue weighted by Crippen LogP contribution is 2.28. The molecule has 0 fully saturated rings. The maximum absolute atomic E-state index is 11.9. The smallest absolute Gasteiger partial charge is 0.319 e. The zero-order chi connectivity index (χ0) is 15.2. The molecular weight excluding hydrogens is 268 g/mol. The van der Waals surface area contributed by atoms with Gasteiger partial charge in [0, 0.05) is 0 Å². The van der Waals surface area contributed by atoms with Crippen LogP contribution in [0.1, 0.15) is 31.1 Å². The van der Waals surface area contributed by atoms with Gasteiger partial charge < -0.3 is 19.8 Å². The van der Waals surface area contributed by atoms with E-state index < -0.39 is 0 Å². The van der Waals surface area contributed by atoms with E-state index in [2.05, 4.69) is 24.5 Å². The lowest BCUT2D eigenvalue weighted by molar-refractivity contribution is 0.250. The van der Waals surface area contributed by atoms with Crippen LogP contribution in [0.2, 0.25) is 0 Å². The molecule has 2 amide bonds. The molecule has 5 nitrogen and oxygen atoms in total. The van der Waals surface area contributed by atoms with Crippen LogP contribution in [0.15, 0.2) is 41.0 Å². The zero-order valence-corrected chi connectivity index (χ0v) is 12.5. The molecule has 0 saturated heterocycles. The number of hydrogen-bond acceptors (Lipinski definition) is 3. The maximum atomic E-state index is 11.9. The summed E-state index contributed by atoms with van der Waals surface area (Å²) in [5, 5.41) is 5.54. The van der Waals surface area contributed by atoms with Gasteiger partial charge in [0.1, 0.15) is 11.5 Å². The molecule has 0 radical (unpaired) electrons. The van der Waals surface area contributed by atoms with Crippen LogP contribution in [0.5, 0.6) is 5.75 Å². The van der Waals surface area contributed by atoms with E-state index in [4.69, 9.17) is 9.15 Å². The van der Waals surface area contributed by atoms with E-state index in [1.54, 1.807) is 25.5 Å². The van der Waals surface area contributed by atoms with Crippen molar-refractivity contribution in [2.45, 2.75) is 26.3 Å². The number of nitrogens with one attached hydrogen (secondary N) is 2. The number of ether oxygens (including phenoxy) is 1. The van der Waals surface area contributed by atoms with Gasteiger partial charge >= 0.3 is 6.03 Å². The molecule has 1 aromatic heterocycles. The van der Waals surface area contributed by atoms with Crippen molar-refractivity contribution >= 4 is 11.7 Å². The monoisotopic (exact) mass is 288 g/mol. The topological polar surface area (TPSA) is 63.5 Å². The van der Waals surface area contributed by atoms with Crippen LogP contribution in [0.25, 0.3) is 0 Å². The van der Waals surface area contributed by atoms with E-state index in [1.807, 2.05) is 18.2 Å². The van der Waals surface area contributed by atoms with Gasteiger partial charge in [-0.2, -0.15) is 0 Å². The number of carbonyl (C=O) groups excluding carboxylic acids is 1. The lowest BCUT2D eigenvalue weighted by atomic mass is 10.0. The lowest BCUT2D eigenvalue weighted by Gasteiger charge is -2.14. The van der Waals surface area contributed by atoms with E-state index in [0.717, 1.165) is 5.56 Å². The molecule has 0 atom stereocenters. The summed E-state index contributed by atoms with van der Waals surface area (Å²) in [6.07, 6.45) is 1.57. The van der Waals surface area contributed by atoms with Crippen LogP contribution in [0, 0.1) is 0 Å². The van der Waals surface area contributed by atoms with Crippen molar-refractivity contribution in [1.29, 1.82) is 0 Å². The van der Waals surface area contributed by atoms with E-state index in [1.165, 1.54) is 0 Å². The van der Waals surface area contributed by atoms with Crippen LogP contribution < -0.4 is 15.4 Å². The Kier molecular flexibility index (Phi) is 4.87. The third-order valence-corrected chi connectivity index (χ3v) is 3.14. The van der Waals surface area contributed by atoms with Crippen molar-refractivity contribution in [3.8, 4) is 5.75 Å². The summed E-state index contributed by atoms with van der Waals surface area (Å²) in [6.45, 7) is 4.54. The highest BCUT2D eigenvalue weighted by atomic mass is 16.5. The molecule has 1 aromatic carbocycles. The molecule has 0 spiro atoms. The molecule has 5 heteroatoms. The van der Waals surface area contributed by atoms with Crippen molar-refractivity contribution < 1.29 is 13.9 Å². The van der Waals surface area contributed by atoms with Gasteiger partial charge in [0.15, 0.2) is 0 Å². The predicted molar refractivity (Wildman–Crippen MR) is 81.6 cm³/mol. The van der Waals surface area contributed by atoms with Gasteiger partial charge in [-0.05, 0) is 35.7 Å². The Morgan fingerprint density at radius 1 is 1.33 bits per heavy atom. The van der Waals surface area contributed by atoms with Crippen LogP contribution in [0.4, 0.5) is 10.5 Å². The first-order chi connectivity index (χ1) is 10.1. The number of urea groups is 1. The molecule has 0 aliphatic carbocycles. The third kappa shape index (κ3) is 4.02. The summed E-state index contributed by atoms with van der Waals surface area (Å²) in [4.78, 5) is 11.9. The van der Waals surface area contributed by atoms with Crippen molar-refractivity contribution in [2.24, 2.45) is 0 Å². The van der Waals surface area contributed by atoms with Gasteiger partial charge in [0.05, 0.1) is 25.6 Å². The average molecular weight is 288 g/mol. The summed E-state index contributed by atoms with van der Waals surface area (Å²) in [5.74, 6) is 1.71. The molecule has 2 N–H and O–H groups in total. The largest absolute Gasteiger partial charge is 0.495 e. The molecule has 2 rings (SSSR count). The molecular formula is C16H20N2O3. The van der Waals surface area contributed by atoms with Crippen LogP contribution in [-0.2, 0) is 6.54 Å². The molecule has 0 bridgehead atoms. The molecule has 0 aliphatic heterocycles. The minimum absolute atomic E-state index is 0.300. The second kappa shape index (κ2) is 6.83. The first-order valence-corrected chi connectivity index (χ1v) is 6.85. The number of carbonyl (C=O) groups is 1. The quantitative estimate of drug-likeness (QED) is 0.881. The fourth-order valence-electron chi connectivity index (χ4n) is 1.93. The van der Waals surface area contributed by atoms with Crippen LogP contribution >= 0.6 is 0 Å². The van der Waals surface area contributed by atoms with Gasteiger partial charge in [0.2, 0.25) is 0 Å². The molecule has 0 unspecified atom stereocenters. The van der Waals surface area contributed by atoms with Gasteiger partial charge in [0.25, 0.3) is 0 Å². The molecule has 1 heterocycles. The normalized spacial score (nSPS) is 10.5. The predicted octanol–water partition coefficient (Wildman–Crippen LogP) is 3.73.